The second kappa shape index (κ2) is 18.6. The molecule has 0 saturated heterocycles. The molecule has 5 unspecified atom stereocenters. The number of hydrogen-bond acceptors (Lipinski definition) is 9. The van der Waals surface area contributed by atoms with Crippen LogP contribution in [0.2, 0.25) is 0 Å². The number of hydrogen-bond donors (Lipinski definition) is 10. The molecule has 0 fully saturated rings. The Morgan fingerprint density at radius 1 is 0.800 bits per heavy atom. The summed E-state index contributed by atoms with van der Waals surface area (Å²) < 4.78 is 0. The topological polar surface area (TPSA) is 259 Å². The fourth-order valence-corrected chi connectivity index (χ4v) is 3.58. The number of nitrogens with zero attached hydrogens (tertiary/aromatic N) is 1. The molecule has 0 heterocycles. The highest BCUT2D eigenvalue weighted by Crippen LogP contribution is 2.07. The minimum atomic E-state index is -1.40. The van der Waals surface area contributed by atoms with Crippen molar-refractivity contribution in [2.45, 2.75) is 70.7 Å². The van der Waals surface area contributed by atoms with Gasteiger partial charge >= 0.3 is 0 Å². The van der Waals surface area contributed by atoms with E-state index < -0.39 is 78.2 Å². The van der Waals surface area contributed by atoms with Crippen molar-refractivity contribution in [2.75, 3.05) is 26.0 Å². The minimum absolute atomic E-state index is 0.0338. The molecule has 0 aliphatic heterocycles. The third-order valence-corrected chi connectivity index (χ3v) is 5.88. The third kappa shape index (κ3) is 13.5. The maximum absolute atomic E-state index is 13.2. The average Bonchev–Trinajstić information content (AvgIpc) is 2.88. The van der Waals surface area contributed by atoms with Gasteiger partial charge in [0.2, 0.25) is 35.4 Å². The van der Waals surface area contributed by atoms with Crippen molar-refractivity contribution >= 4 is 54.0 Å². The van der Waals surface area contributed by atoms with Crippen LogP contribution in [0.3, 0.4) is 0 Å². The lowest BCUT2D eigenvalue weighted by Gasteiger charge is -2.28. The van der Waals surface area contributed by atoms with Crippen molar-refractivity contribution in [3.05, 3.63) is 0 Å². The van der Waals surface area contributed by atoms with E-state index in [0.29, 0.717) is 0 Å². The molecule has 0 aromatic carbocycles. The highest BCUT2D eigenvalue weighted by atomic mass is 32.1. The van der Waals surface area contributed by atoms with Gasteiger partial charge in [0.1, 0.15) is 30.2 Å². The second-order valence-electron chi connectivity index (χ2n) is 9.26. The number of aliphatic hydroxyl groups is 1. The predicted molar refractivity (Wildman–Crippen MR) is 151 cm³/mol. The van der Waals surface area contributed by atoms with Crippen molar-refractivity contribution in [3.63, 3.8) is 0 Å². The monoisotopic (exact) mass is 589 g/mol. The summed E-state index contributed by atoms with van der Waals surface area (Å²) in [6.07, 6.45) is 0.371. The van der Waals surface area contributed by atoms with E-state index >= 15 is 0 Å². The van der Waals surface area contributed by atoms with E-state index in [1.165, 1.54) is 20.9 Å². The number of carbonyl (C=O) groups is 6. The Kier molecular flexibility index (Phi) is 17.0. The highest BCUT2D eigenvalue weighted by molar-refractivity contribution is 7.80. The van der Waals surface area contributed by atoms with Gasteiger partial charge in [0, 0.05) is 26.3 Å². The molecule has 0 aliphatic carbocycles. The van der Waals surface area contributed by atoms with Crippen LogP contribution in [-0.2, 0) is 28.8 Å². The molecule has 11 N–H and O–H groups in total. The van der Waals surface area contributed by atoms with Gasteiger partial charge in [-0.15, -0.1) is 0 Å². The van der Waals surface area contributed by atoms with Crippen LogP contribution in [0.15, 0.2) is 4.99 Å². The van der Waals surface area contributed by atoms with Gasteiger partial charge in [0.25, 0.3) is 0 Å². The standard InChI is InChI=1S/C23H43N9O7S/c1-11(2)17(22(39)31-15(9-33)20(37)28-12(3)18(35)26-5)32-19(36)14(7-6-8-27-23(24)25)30-21(38)16(10-40)29-13(4)34/h11-12,14-17,33,40H,6-10H2,1-5H3,(H,26,35)(H,28,37)(H,29,34)(H,30,38)(H,31,39)(H,32,36)(H4,24,25,27). The molecule has 0 aliphatic rings. The molecule has 6 amide bonds. The predicted octanol–water partition coefficient (Wildman–Crippen LogP) is -4.17. The van der Waals surface area contributed by atoms with Crippen LogP contribution in [0.5, 0.6) is 0 Å². The van der Waals surface area contributed by atoms with Crippen LogP contribution in [0.1, 0.15) is 40.5 Å². The first-order valence-electron chi connectivity index (χ1n) is 12.7. The van der Waals surface area contributed by atoms with Gasteiger partial charge in [0.05, 0.1) is 6.61 Å². The zero-order valence-electron chi connectivity index (χ0n) is 23.4. The lowest BCUT2D eigenvalue weighted by molar-refractivity contribution is -0.136. The molecule has 17 heteroatoms. The lowest BCUT2D eigenvalue weighted by Crippen LogP contribution is -2.60. The number of rotatable bonds is 17. The molecule has 0 bridgehead atoms. The number of aliphatic imine (C=N–C) groups is 1. The van der Waals surface area contributed by atoms with Crippen LogP contribution < -0.4 is 43.4 Å². The highest BCUT2D eigenvalue weighted by Gasteiger charge is 2.32. The van der Waals surface area contributed by atoms with Crippen LogP contribution in [0.25, 0.3) is 0 Å². The van der Waals surface area contributed by atoms with Gasteiger partial charge < -0.3 is 48.5 Å². The Balaban J connectivity index is 5.68. The summed E-state index contributed by atoms with van der Waals surface area (Å²) in [5.41, 5.74) is 10.7. The zero-order chi connectivity index (χ0) is 31.0. The molecule has 5 atom stereocenters. The Morgan fingerprint density at radius 3 is 1.82 bits per heavy atom. The van der Waals surface area contributed by atoms with E-state index in [4.69, 9.17) is 11.5 Å². The molecule has 0 radical (unpaired) electrons. The molecule has 0 rings (SSSR count). The molecule has 40 heavy (non-hydrogen) atoms. The summed E-state index contributed by atoms with van der Waals surface area (Å²) in [5, 5.41) is 24.3. The maximum atomic E-state index is 13.2. The number of thiol groups is 1. The quantitative estimate of drug-likeness (QED) is 0.0341. The maximum Gasteiger partial charge on any atom is 0.245 e. The van der Waals surface area contributed by atoms with Gasteiger partial charge in [-0.05, 0) is 25.7 Å². The molecule has 0 spiro atoms. The van der Waals surface area contributed by atoms with E-state index in [0.717, 1.165) is 0 Å². The lowest BCUT2D eigenvalue weighted by atomic mass is 10.0. The fraction of sp³-hybridized carbons (Fsp3) is 0.696. The molecular weight excluding hydrogens is 546 g/mol. The summed E-state index contributed by atoms with van der Waals surface area (Å²) in [4.78, 5) is 78.4. The summed E-state index contributed by atoms with van der Waals surface area (Å²) in [6, 6.07) is -5.65. The molecule has 228 valence electrons. The SMILES string of the molecule is CNC(=O)C(C)NC(=O)C(CO)NC(=O)C(NC(=O)C(CCCN=C(N)N)NC(=O)C(CS)NC(C)=O)C(C)C. The van der Waals surface area contributed by atoms with Crippen LogP contribution in [-0.4, -0.2) is 103 Å². The molecule has 16 nitrogen and oxygen atoms in total. The Labute approximate surface area is 239 Å². The van der Waals surface area contributed by atoms with Gasteiger partial charge in [-0.3, -0.25) is 33.8 Å². The van der Waals surface area contributed by atoms with Crippen LogP contribution >= 0.6 is 12.6 Å². The number of carbonyl (C=O) groups excluding carboxylic acids is 6. The van der Waals surface area contributed by atoms with Crippen LogP contribution in [0, 0.1) is 5.92 Å². The van der Waals surface area contributed by atoms with Gasteiger partial charge in [-0.2, -0.15) is 12.6 Å². The largest absolute Gasteiger partial charge is 0.394 e. The number of aliphatic hydroxyl groups excluding tert-OH is 1. The summed E-state index contributed by atoms with van der Waals surface area (Å²) in [7, 11) is 1.39. The second-order valence-corrected chi connectivity index (χ2v) is 9.63. The Morgan fingerprint density at radius 2 is 1.35 bits per heavy atom. The number of nitrogens with one attached hydrogen (secondary N) is 6. The molecular formula is C23H43N9O7S. The number of likely N-dealkylation sites (N-methyl/N-ethyl adjacent to an activating group) is 1. The number of nitrogens with two attached hydrogens (primary N) is 2. The number of amides is 6. The van der Waals surface area contributed by atoms with Crippen molar-refractivity contribution < 1.29 is 33.9 Å². The molecule has 0 aromatic rings. The van der Waals surface area contributed by atoms with Crippen molar-refractivity contribution in [3.8, 4) is 0 Å². The van der Waals surface area contributed by atoms with E-state index in [-0.39, 0.29) is 31.1 Å². The average molecular weight is 590 g/mol. The molecule has 0 saturated carbocycles. The first kappa shape index (κ1) is 36.4. The van der Waals surface area contributed by atoms with Gasteiger partial charge in [-0.1, -0.05) is 13.8 Å². The first-order valence-corrected chi connectivity index (χ1v) is 13.3. The van der Waals surface area contributed by atoms with Crippen molar-refractivity contribution in [1.29, 1.82) is 0 Å². The van der Waals surface area contributed by atoms with E-state index in [9.17, 15) is 33.9 Å². The summed E-state index contributed by atoms with van der Waals surface area (Å²) >= 11 is 4.07. The van der Waals surface area contributed by atoms with E-state index in [1.807, 2.05) is 0 Å². The zero-order valence-corrected chi connectivity index (χ0v) is 24.3. The molecule has 0 aromatic heterocycles. The first-order chi connectivity index (χ1) is 18.7. The Bertz CT molecular complexity index is 928. The minimum Gasteiger partial charge on any atom is -0.394 e. The third-order valence-electron chi connectivity index (χ3n) is 5.52. The van der Waals surface area contributed by atoms with E-state index in [1.54, 1.807) is 13.8 Å². The summed E-state index contributed by atoms with van der Waals surface area (Å²) in [5.74, 6) is -4.56. The van der Waals surface area contributed by atoms with Gasteiger partial charge in [0.15, 0.2) is 5.96 Å². The van der Waals surface area contributed by atoms with E-state index in [2.05, 4.69) is 49.5 Å². The van der Waals surface area contributed by atoms with Crippen LogP contribution in [0.4, 0.5) is 0 Å². The number of guanidine groups is 1. The smallest absolute Gasteiger partial charge is 0.245 e. The fourth-order valence-electron chi connectivity index (χ4n) is 3.32. The summed E-state index contributed by atoms with van der Waals surface area (Å²) in [6.45, 7) is 5.34. The van der Waals surface area contributed by atoms with Gasteiger partial charge in [-0.25, -0.2) is 0 Å². The van der Waals surface area contributed by atoms with Crippen molar-refractivity contribution in [2.24, 2.45) is 22.4 Å². The Hall–Kier alpha value is -3.60. The van der Waals surface area contributed by atoms with Crippen molar-refractivity contribution in [1.82, 2.24) is 31.9 Å². The normalized spacial score (nSPS) is 14.4.